The zero-order chi connectivity index (χ0) is 19.8. The van der Waals surface area contributed by atoms with Gasteiger partial charge in [-0.05, 0) is 24.3 Å². The van der Waals surface area contributed by atoms with E-state index < -0.39 is 23.1 Å². The zero-order valence-corrected chi connectivity index (χ0v) is 15.1. The number of carbonyl (C=O) groups is 1. The van der Waals surface area contributed by atoms with Crippen LogP contribution in [0.15, 0.2) is 47.1 Å². The van der Waals surface area contributed by atoms with Crippen molar-refractivity contribution in [2.24, 2.45) is 0 Å². The zero-order valence-electron chi connectivity index (χ0n) is 14.3. The van der Waals surface area contributed by atoms with Gasteiger partial charge in [0.2, 0.25) is 5.95 Å². The maximum absolute atomic E-state index is 13.7. The average Bonchev–Trinajstić information content (AvgIpc) is 3.00. The average molecular weight is 401 g/mol. The fraction of sp³-hybridized carbons (Fsp3) is 0.0526. The number of hydrogen-bond donors (Lipinski definition) is 1. The fourth-order valence-corrected chi connectivity index (χ4v) is 2.96. The molecule has 0 bridgehead atoms. The number of rotatable bonds is 3. The van der Waals surface area contributed by atoms with Gasteiger partial charge in [-0.2, -0.15) is 0 Å². The van der Waals surface area contributed by atoms with E-state index in [2.05, 4.69) is 20.3 Å². The second kappa shape index (κ2) is 6.97. The van der Waals surface area contributed by atoms with Crippen molar-refractivity contribution in [1.82, 2.24) is 15.0 Å². The molecule has 140 valence electrons. The third-order valence-electron chi connectivity index (χ3n) is 3.96. The van der Waals surface area contributed by atoms with Gasteiger partial charge in [-0.3, -0.25) is 10.1 Å². The predicted molar refractivity (Wildman–Crippen MR) is 99.1 cm³/mol. The van der Waals surface area contributed by atoms with Gasteiger partial charge in [0, 0.05) is 30.4 Å². The topological polar surface area (TPSA) is 80.9 Å². The van der Waals surface area contributed by atoms with Gasteiger partial charge in [-0.25, -0.2) is 23.7 Å². The number of aryl methyl sites for hydroxylation is 1. The molecule has 0 aliphatic heterocycles. The number of aromatic nitrogens is 3. The predicted octanol–water partition coefficient (Wildman–Crippen LogP) is 4.78. The van der Waals surface area contributed by atoms with E-state index in [1.54, 1.807) is 19.1 Å². The van der Waals surface area contributed by atoms with E-state index in [1.807, 2.05) is 0 Å². The summed E-state index contributed by atoms with van der Waals surface area (Å²) in [5.41, 5.74) is 1.66. The molecule has 0 radical (unpaired) electrons. The number of amides is 1. The molecule has 1 N–H and O–H groups in total. The van der Waals surface area contributed by atoms with Gasteiger partial charge in [0.05, 0.1) is 5.02 Å². The lowest BCUT2D eigenvalue weighted by Crippen LogP contribution is -2.17. The van der Waals surface area contributed by atoms with Gasteiger partial charge in [-0.15, -0.1) is 0 Å². The first kappa shape index (κ1) is 18.0. The molecule has 0 saturated carbocycles. The number of benzene rings is 2. The van der Waals surface area contributed by atoms with E-state index in [4.69, 9.17) is 16.0 Å². The quantitative estimate of drug-likeness (QED) is 0.535. The summed E-state index contributed by atoms with van der Waals surface area (Å²) in [4.78, 5) is 24.3. The SMILES string of the molecule is Cc1nc2cc(Cl)c(-c3cnc(NC(=O)c4c(F)cccc4F)nc3)cc2o1. The van der Waals surface area contributed by atoms with Crippen LogP contribution in [0.25, 0.3) is 22.2 Å². The molecule has 2 heterocycles. The van der Waals surface area contributed by atoms with E-state index in [9.17, 15) is 13.6 Å². The number of halogens is 3. The summed E-state index contributed by atoms with van der Waals surface area (Å²) in [6, 6.07) is 6.53. The lowest BCUT2D eigenvalue weighted by Gasteiger charge is -2.07. The van der Waals surface area contributed by atoms with Crippen molar-refractivity contribution in [3.8, 4) is 11.1 Å². The molecule has 0 aliphatic rings. The second-order valence-corrected chi connectivity index (χ2v) is 6.29. The molecule has 2 aromatic heterocycles. The van der Waals surface area contributed by atoms with E-state index in [0.29, 0.717) is 33.1 Å². The Hall–Kier alpha value is -3.39. The van der Waals surface area contributed by atoms with Crippen LogP contribution in [0.5, 0.6) is 0 Å². The van der Waals surface area contributed by atoms with Crippen LogP contribution in [0.2, 0.25) is 5.02 Å². The summed E-state index contributed by atoms with van der Waals surface area (Å²) >= 11 is 6.30. The first-order valence-corrected chi connectivity index (χ1v) is 8.44. The highest BCUT2D eigenvalue weighted by atomic mass is 35.5. The Balaban J connectivity index is 1.61. The fourth-order valence-electron chi connectivity index (χ4n) is 2.70. The molecular weight excluding hydrogens is 390 g/mol. The van der Waals surface area contributed by atoms with Crippen LogP contribution in [0.3, 0.4) is 0 Å². The minimum Gasteiger partial charge on any atom is -0.441 e. The van der Waals surface area contributed by atoms with Gasteiger partial charge in [0.1, 0.15) is 22.7 Å². The molecule has 28 heavy (non-hydrogen) atoms. The third-order valence-corrected chi connectivity index (χ3v) is 4.27. The molecule has 1 amide bonds. The Bertz CT molecular complexity index is 1190. The standard InChI is InChI=1S/C19H11ClF2N4O2/c1-9-25-15-6-12(20)11(5-16(15)28-9)10-7-23-19(24-8-10)26-18(27)17-13(21)3-2-4-14(17)22/h2-8H,1H3,(H,23,24,26,27). The normalized spacial score (nSPS) is 11.0. The number of nitrogens with one attached hydrogen (secondary N) is 1. The highest BCUT2D eigenvalue weighted by Crippen LogP contribution is 2.32. The van der Waals surface area contributed by atoms with E-state index in [0.717, 1.165) is 12.1 Å². The molecule has 0 atom stereocenters. The first-order chi connectivity index (χ1) is 13.4. The number of oxazole rings is 1. The van der Waals surface area contributed by atoms with Gasteiger partial charge >= 0.3 is 0 Å². The van der Waals surface area contributed by atoms with Crippen molar-refractivity contribution >= 4 is 34.6 Å². The monoisotopic (exact) mass is 400 g/mol. The van der Waals surface area contributed by atoms with Crippen molar-refractivity contribution in [2.75, 3.05) is 5.32 Å². The number of hydrogen-bond acceptors (Lipinski definition) is 5. The van der Waals surface area contributed by atoms with Crippen LogP contribution in [-0.2, 0) is 0 Å². The molecule has 0 unspecified atom stereocenters. The van der Waals surface area contributed by atoms with E-state index >= 15 is 0 Å². The van der Waals surface area contributed by atoms with E-state index in [1.165, 1.54) is 18.5 Å². The van der Waals surface area contributed by atoms with Crippen molar-refractivity contribution in [3.63, 3.8) is 0 Å². The van der Waals surface area contributed by atoms with Crippen molar-refractivity contribution in [1.29, 1.82) is 0 Å². The molecule has 0 aliphatic carbocycles. The summed E-state index contributed by atoms with van der Waals surface area (Å²) in [7, 11) is 0. The second-order valence-electron chi connectivity index (χ2n) is 5.88. The minimum absolute atomic E-state index is 0.107. The summed E-state index contributed by atoms with van der Waals surface area (Å²) in [6.45, 7) is 1.73. The Morgan fingerprint density at radius 3 is 2.50 bits per heavy atom. The number of anilines is 1. The van der Waals surface area contributed by atoms with Crippen molar-refractivity contribution < 1.29 is 18.0 Å². The highest BCUT2D eigenvalue weighted by Gasteiger charge is 2.18. The summed E-state index contributed by atoms with van der Waals surface area (Å²) < 4.78 is 32.9. The molecule has 9 heteroatoms. The summed E-state index contributed by atoms with van der Waals surface area (Å²) in [5.74, 6) is -2.53. The Labute approximate surface area is 162 Å². The highest BCUT2D eigenvalue weighted by molar-refractivity contribution is 6.34. The Kier molecular flexibility index (Phi) is 4.48. The third kappa shape index (κ3) is 3.29. The molecule has 2 aromatic carbocycles. The Morgan fingerprint density at radius 1 is 1.14 bits per heavy atom. The van der Waals surface area contributed by atoms with Crippen LogP contribution in [0.4, 0.5) is 14.7 Å². The molecule has 0 spiro atoms. The van der Waals surface area contributed by atoms with Crippen molar-refractivity contribution in [3.05, 3.63) is 70.8 Å². The smallest absolute Gasteiger partial charge is 0.263 e. The lowest BCUT2D eigenvalue weighted by molar-refractivity contribution is 0.101. The maximum atomic E-state index is 13.7. The number of carbonyl (C=O) groups excluding carboxylic acids is 1. The van der Waals surface area contributed by atoms with Crippen LogP contribution in [-0.4, -0.2) is 20.9 Å². The summed E-state index contributed by atoms with van der Waals surface area (Å²) in [6.07, 6.45) is 2.85. The van der Waals surface area contributed by atoms with Crippen LogP contribution < -0.4 is 5.32 Å². The molecular formula is C19H11ClF2N4O2. The van der Waals surface area contributed by atoms with Crippen LogP contribution in [0, 0.1) is 18.6 Å². The molecule has 6 nitrogen and oxygen atoms in total. The molecule has 0 fully saturated rings. The molecule has 4 aromatic rings. The first-order valence-electron chi connectivity index (χ1n) is 8.07. The van der Waals surface area contributed by atoms with Gasteiger partial charge in [0.25, 0.3) is 5.91 Å². The minimum atomic E-state index is -0.986. The maximum Gasteiger partial charge on any atom is 0.263 e. The largest absolute Gasteiger partial charge is 0.441 e. The van der Waals surface area contributed by atoms with Crippen LogP contribution in [0.1, 0.15) is 16.2 Å². The summed E-state index contributed by atoms with van der Waals surface area (Å²) in [5, 5.41) is 2.69. The van der Waals surface area contributed by atoms with Gasteiger partial charge < -0.3 is 4.42 Å². The van der Waals surface area contributed by atoms with Gasteiger partial charge in [-0.1, -0.05) is 17.7 Å². The Morgan fingerprint density at radius 2 is 1.82 bits per heavy atom. The van der Waals surface area contributed by atoms with Crippen molar-refractivity contribution in [2.45, 2.75) is 6.92 Å². The van der Waals surface area contributed by atoms with Gasteiger partial charge in [0.15, 0.2) is 11.5 Å². The van der Waals surface area contributed by atoms with E-state index in [-0.39, 0.29) is 5.95 Å². The van der Waals surface area contributed by atoms with Crippen LogP contribution >= 0.6 is 11.6 Å². The molecule has 0 saturated heterocycles. The number of fused-ring (bicyclic) bond motifs is 1. The number of nitrogens with zero attached hydrogens (tertiary/aromatic N) is 3. The molecule has 4 rings (SSSR count). The lowest BCUT2D eigenvalue weighted by atomic mass is 10.1.